The highest BCUT2D eigenvalue weighted by Crippen LogP contribution is 2.26. The molecule has 1 fully saturated rings. The summed E-state index contributed by atoms with van der Waals surface area (Å²) in [4.78, 5) is 27.6. The van der Waals surface area contributed by atoms with Gasteiger partial charge in [0.25, 0.3) is 0 Å². The Bertz CT molecular complexity index is 622. The maximum atomic E-state index is 10.9. The van der Waals surface area contributed by atoms with Crippen molar-refractivity contribution in [2.24, 2.45) is 0 Å². The summed E-state index contributed by atoms with van der Waals surface area (Å²) in [5.74, 6) is 0.904. The van der Waals surface area contributed by atoms with Gasteiger partial charge < -0.3 is 20.6 Å². The van der Waals surface area contributed by atoms with Gasteiger partial charge in [-0.25, -0.2) is 14.8 Å². The first kappa shape index (κ1) is 11.9. The molecule has 3 N–H and O–H groups in total. The van der Waals surface area contributed by atoms with E-state index < -0.39 is 6.09 Å². The number of piperazine rings is 1. The Morgan fingerprint density at radius 2 is 2.05 bits per heavy atom. The van der Waals surface area contributed by atoms with Gasteiger partial charge in [-0.15, -0.1) is 11.3 Å². The van der Waals surface area contributed by atoms with Crippen molar-refractivity contribution in [2.75, 3.05) is 36.8 Å². The van der Waals surface area contributed by atoms with E-state index in [1.807, 2.05) is 4.90 Å². The molecule has 0 aromatic carbocycles. The third kappa shape index (κ3) is 2.12. The number of nitrogen functional groups attached to an aromatic ring is 1. The lowest BCUT2D eigenvalue weighted by molar-refractivity contribution is 0.142. The van der Waals surface area contributed by atoms with Crippen LogP contribution in [0.2, 0.25) is 0 Å². The molecule has 0 aliphatic carbocycles. The largest absolute Gasteiger partial charge is 0.465 e. The minimum absolute atomic E-state index is 0.215. The van der Waals surface area contributed by atoms with Crippen LogP contribution in [-0.2, 0) is 0 Å². The summed E-state index contributed by atoms with van der Waals surface area (Å²) in [5.41, 5.74) is 8.12. The molecule has 2 aromatic rings. The van der Waals surface area contributed by atoms with Gasteiger partial charge in [0.15, 0.2) is 10.6 Å². The van der Waals surface area contributed by atoms with E-state index in [1.54, 1.807) is 5.51 Å². The minimum Gasteiger partial charge on any atom is -0.465 e. The van der Waals surface area contributed by atoms with Gasteiger partial charge in [-0.05, 0) is 0 Å². The minimum atomic E-state index is -0.888. The molecule has 3 heterocycles. The Balaban J connectivity index is 1.89. The van der Waals surface area contributed by atoms with Crippen molar-refractivity contribution in [2.45, 2.75) is 0 Å². The van der Waals surface area contributed by atoms with Crippen LogP contribution in [0.25, 0.3) is 10.3 Å². The molecule has 0 atom stereocenters. The number of carbonyl (C=O) groups is 1. The van der Waals surface area contributed by atoms with E-state index in [0.29, 0.717) is 32.0 Å². The fraction of sp³-hybridized carbons (Fsp3) is 0.400. The lowest BCUT2D eigenvalue weighted by Gasteiger charge is -2.33. The fourth-order valence-electron chi connectivity index (χ4n) is 2.09. The fourth-order valence-corrected chi connectivity index (χ4v) is 2.75. The summed E-state index contributed by atoms with van der Waals surface area (Å²) in [6.07, 6.45) is -0.888. The Hall–Kier alpha value is -2.16. The van der Waals surface area contributed by atoms with E-state index in [9.17, 15) is 4.79 Å². The molecule has 0 spiro atoms. The van der Waals surface area contributed by atoms with Crippen molar-refractivity contribution in [3.05, 3.63) is 5.51 Å². The average Bonchev–Trinajstić information content (AvgIpc) is 2.85. The number of nitrogens with two attached hydrogens (primary N) is 1. The Morgan fingerprint density at radius 1 is 1.32 bits per heavy atom. The molecule has 1 aliphatic rings. The summed E-state index contributed by atoms with van der Waals surface area (Å²) in [7, 11) is 0. The van der Waals surface area contributed by atoms with Crippen molar-refractivity contribution >= 4 is 39.5 Å². The van der Waals surface area contributed by atoms with Crippen LogP contribution in [0.15, 0.2) is 5.51 Å². The molecular weight excluding hydrogens is 268 g/mol. The number of carboxylic acid groups (broad SMARTS) is 1. The van der Waals surface area contributed by atoms with E-state index in [0.717, 1.165) is 10.3 Å². The van der Waals surface area contributed by atoms with Crippen LogP contribution in [0.3, 0.4) is 0 Å². The van der Waals surface area contributed by atoms with Crippen LogP contribution in [-0.4, -0.2) is 57.2 Å². The molecule has 9 heteroatoms. The molecule has 1 aliphatic heterocycles. The molecule has 100 valence electrons. The smallest absolute Gasteiger partial charge is 0.407 e. The number of anilines is 2. The zero-order valence-electron chi connectivity index (χ0n) is 9.98. The molecule has 3 rings (SSSR count). The van der Waals surface area contributed by atoms with Crippen LogP contribution < -0.4 is 10.6 Å². The number of thiazole rings is 1. The molecule has 19 heavy (non-hydrogen) atoms. The maximum absolute atomic E-state index is 10.9. The van der Waals surface area contributed by atoms with Crippen LogP contribution in [0.4, 0.5) is 16.6 Å². The number of amides is 1. The SMILES string of the molecule is Nc1nc(N2CCN(C(=O)O)CC2)c2ncsc2n1. The van der Waals surface area contributed by atoms with Gasteiger partial charge in [0.05, 0.1) is 5.51 Å². The molecule has 1 amide bonds. The standard InChI is InChI=1S/C10H12N6O2S/c11-9-13-7(6-8(14-9)19-5-12-6)15-1-3-16(4-2-15)10(17)18/h5H,1-4H2,(H,17,18)(H2,11,13,14). The molecule has 0 radical (unpaired) electrons. The summed E-state index contributed by atoms with van der Waals surface area (Å²) in [6, 6.07) is 0. The van der Waals surface area contributed by atoms with Gasteiger partial charge in [0.2, 0.25) is 5.95 Å². The van der Waals surface area contributed by atoms with Crippen molar-refractivity contribution < 1.29 is 9.90 Å². The first-order chi connectivity index (χ1) is 9.15. The molecule has 0 bridgehead atoms. The van der Waals surface area contributed by atoms with Crippen molar-refractivity contribution in [1.29, 1.82) is 0 Å². The lowest BCUT2D eigenvalue weighted by atomic mass is 10.3. The van der Waals surface area contributed by atoms with Gasteiger partial charge in [-0.2, -0.15) is 4.98 Å². The summed E-state index contributed by atoms with van der Waals surface area (Å²) >= 11 is 1.41. The van der Waals surface area contributed by atoms with Gasteiger partial charge in [-0.3, -0.25) is 0 Å². The highest BCUT2D eigenvalue weighted by atomic mass is 32.1. The number of rotatable bonds is 1. The van der Waals surface area contributed by atoms with Gasteiger partial charge in [0.1, 0.15) is 5.52 Å². The zero-order valence-corrected chi connectivity index (χ0v) is 10.8. The van der Waals surface area contributed by atoms with E-state index in [-0.39, 0.29) is 5.95 Å². The maximum Gasteiger partial charge on any atom is 0.407 e. The Kier molecular flexibility index (Phi) is 2.82. The third-order valence-electron chi connectivity index (χ3n) is 3.05. The molecule has 0 unspecified atom stereocenters. The second-order valence-corrected chi connectivity index (χ2v) is 5.00. The predicted octanol–water partition coefficient (Wildman–Crippen LogP) is 0.468. The van der Waals surface area contributed by atoms with Gasteiger partial charge in [0, 0.05) is 26.2 Å². The highest BCUT2D eigenvalue weighted by Gasteiger charge is 2.23. The predicted molar refractivity (Wildman–Crippen MR) is 71.4 cm³/mol. The number of nitrogens with zero attached hydrogens (tertiary/aromatic N) is 5. The zero-order chi connectivity index (χ0) is 13.4. The van der Waals surface area contributed by atoms with Crippen molar-refractivity contribution in [1.82, 2.24) is 19.9 Å². The van der Waals surface area contributed by atoms with Crippen LogP contribution >= 0.6 is 11.3 Å². The topological polar surface area (TPSA) is 108 Å². The normalized spacial score (nSPS) is 16.0. The lowest BCUT2D eigenvalue weighted by Crippen LogP contribution is -2.48. The molecular formula is C10H12N6O2S. The molecule has 2 aromatic heterocycles. The van der Waals surface area contributed by atoms with E-state index in [1.165, 1.54) is 16.2 Å². The van der Waals surface area contributed by atoms with Crippen LogP contribution in [0, 0.1) is 0 Å². The molecule has 1 saturated heterocycles. The number of fused-ring (bicyclic) bond motifs is 1. The second-order valence-electron chi connectivity index (χ2n) is 4.17. The Labute approximate surface area is 112 Å². The quantitative estimate of drug-likeness (QED) is 0.781. The number of aromatic nitrogens is 3. The monoisotopic (exact) mass is 280 g/mol. The van der Waals surface area contributed by atoms with E-state index in [2.05, 4.69) is 15.0 Å². The highest BCUT2D eigenvalue weighted by molar-refractivity contribution is 7.16. The van der Waals surface area contributed by atoms with Crippen LogP contribution in [0.5, 0.6) is 0 Å². The molecule has 0 saturated carbocycles. The summed E-state index contributed by atoms with van der Waals surface area (Å²) in [6.45, 7) is 2.06. The average molecular weight is 280 g/mol. The van der Waals surface area contributed by atoms with E-state index in [4.69, 9.17) is 10.8 Å². The number of hydrogen-bond acceptors (Lipinski definition) is 7. The second kappa shape index (κ2) is 4.50. The van der Waals surface area contributed by atoms with Crippen molar-refractivity contribution in [3.63, 3.8) is 0 Å². The summed E-state index contributed by atoms with van der Waals surface area (Å²) < 4.78 is 0. The molecule has 8 nitrogen and oxygen atoms in total. The van der Waals surface area contributed by atoms with Crippen molar-refractivity contribution in [3.8, 4) is 0 Å². The first-order valence-electron chi connectivity index (χ1n) is 5.74. The first-order valence-corrected chi connectivity index (χ1v) is 6.62. The summed E-state index contributed by atoms with van der Waals surface area (Å²) in [5, 5.41) is 8.93. The Morgan fingerprint density at radius 3 is 2.74 bits per heavy atom. The van der Waals surface area contributed by atoms with Gasteiger partial charge in [-0.1, -0.05) is 0 Å². The third-order valence-corrected chi connectivity index (χ3v) is 3.77. The number of hydrogen-bond donors (Lipinski definition) is 2. The van der Waals surface area contributed by atoms with E-state index >= 15 is 0 Å². The van der Waals surface area contributed by atoms with Crippen LogP contribution in [0.1, 0.15) is 0 Å². The van der Waals surface area contributed by atoms with Gasteiger partial charge >= 0.3 is 6.09 Å².